The molecule has 2 aliphatic rings. The van der Waals surface area contributed by atoms with E-state index >= 15 is 0 Å². The van der Waals surface area contributed by atoms with Crippen LogP contribution in [0, 0.1) is 13.8 Å². The predicted molar refractivity (Wildman–Crippen MR) is 167 cm³/mol. The third kappa shape index (κ3) is 5.89. The Bertz CT molecular complexity index is 1290. The van der Waals surface area contributed by atoms with E-state index in [0.717, 1.165) is 6.42 Å². The van der Waals surface area contributed by atoms with Crippen molar-refractivity contribution in [3.63, 3.8) is 0 Å². The zero-order chi connectivity index (χ0) is 27.8. The molecule has 0 spiro atoms. The fourth-order valence-electron chi connectivity index (χ4n) is 6.89. The molecule has 0 nitrogen and oxygen atoms in total. The molecule has 204 valence electrons. The summed E-state index contributed by atoms with van der Waals surface area (Å²) in [7, 11) is 0. The molecule has 0 unspecified atom stereocenters. The third-order valence-electron chi connectivity index (χ3n) is 8.78. The molecule has 1 heteroatoms. The van der Waals surface area contributed by atoms with Crippen LogP contribution in [-0.4, -0.2) is 3.21 Å². The zero-order valence-corrected chi connectivity index (χ0v) is 28.6. The van der Waals surface area contributed by atoms with Gasteiger partial charge in [-0.25, -0.2) is 0 Å². The normalized spacial score (nSPS) is 14.5. The van der Waals surface area contributed by atoms with Crippen LogP contribution < -0.4 is 3.27 Å². The van der Waals surface area contributed by atoms with Gasteiger partial charge < -0.3 is 0 Å². The Kier molecular flexibility index (Phi) is 9.09. The van der Waals surface area contributed by atoms with Crippen LogP contribution in [0.15, 0.2) is 39.7 Å². The molecule has 2 aliphatic carbocycles. The summed E-state index contributed by atoms with van der Waals surface area (Å²) in [6.07, 6.45) is 17.6. The van der Waals surface area contributed by atoms with Crippen LogP contribution >= 0.6 is 0 Å². The van der Waals surface area contributed by atoms with Crippen molar-refractivity contribution in [1.82, 2.24) is 0 Å². The molecule has 0 bridgehead atoms. The summed E-state index contributed by atoms with van der Waals surface area (Å²) in [5.74, 6) is 0. The van der Waals surface area contributed by atoms with E-state index in [-0.39, 0.29) is 10.8 Å². The quantitative estimate of drug-likeness (QED) is 0.246. The SMILES string of the molecule is CCCC[C](CCCC)=[Zr]([C]1=CC=CC1)[c]1c(C)c(C(C)(C)C)cc2c1Cc1cc(C)c(C(C)(C)C)cc1-2. The van der Waals surface area contributed by atoms with E-state index in [0.29, 0.717) is 0 Å². The Balaban J connectivity index is 2.08. The molecule has 0 radical (unpaired) electrons. The Morgan fingerprint density at radius 2 is 1.42 bits per heavy atom. The van der Waals surface area contributed by atoms with Crippen LogP contribution in [0.1, 0.15) is 134 Å². The topological polar surface area (TPSA) is 0 Å². The van der Waals surface area contributed by atoms with Gasteiger partial charge in [0.15, 0.2) is 0 Å². The van der Waals surface area contributed by atoms with E-state index in [1.165, 1.54) is 61.6 Å². The molecular weight excluding hydrogens is 536 g/mol. The monoisotopic (exact) mass is 586 g/mol. The van der Waals surface area contributed by atoms with Crippen LogP contribution in [0.4, 0.5) is 0 Å². The first kappa shape index (κ1) is 29.7. The van der Waals surface area contributed by atoms with Gasteiger partial charge in [0.2, 0.25) is 0 Å². The van der Waals surface area contributed by atoms with Gasteiger partial charge in [0, 0.05) is 0 Å². The summed E-state index contributed by atoms with van der Waals surface area (Å²) in [6.45, 7) is 23.9. The molecule has 0 aliphatic heterocycles. The molecule has 2 aromatic rings. The minimum atomic E-state index is -2.28. The fourth-order valence-corrected chi connectivity index (χ4v) is 15.7. The number of rotatable bonds is 8. The van der Waals surface area contributed by atoms with Crippen LogP contribution in [-0.2, 0) is 38.5 Å². The molecule has 0 fully saturated rings. The minimum absolute atomic E-state index is 0.137. The number of allylic oxidation sites excluding steroid dienone is 4. The number of fused-ring (bicyclic) bond motifs is 3. The Morgan fingerprint density at radius 3 is 1.95 bits per heavy atom. The molecule has 0 atom stereocenters. The van der Waals surface area contributed by atoms with Crippen LogP contribution in [0.3, 0.4) is 0 Å². The summed E-state index contributed by atoms with van der Waals surface area (Å²) in [6, 6.07) is 7.71. The van der Waals surface area contributed by atoms with Crippen LogP contribution in [0.2, 0.25) is 0 Å². The molecule has 0 N–H and O–H groups in total. The molecule has 4 rings (SSSR count). The Morgan fingerprint density at radius 1 is 0.816 bits per heavy atom. The average molecular weight is 588 g/mol. The van der Waals surface area contributed by atoms with Crippen molar-refractivity contribution in [3.05, 3.63) is 73.1 Å². The standard InChI is InChI=1S/C23H29.C9H18.C5H5.Zr/c1-14-9-16-11-17-10-15(2)21(23(6,7)8)13-19(17)18(16)12-20(14)22(3,4)5;1-3-5-7-9-8-6-4-2;1-2-4-5-3-1;/h9,12-13H,11H2,1-8H3;3-8H2,1-2H3;1-3H,4H2;. The number of hydrogen-bond donors (Lipinski definition) is 0. The molecule has 0 saturated carbocycles. The first-order valence-corrected chi connectivity index (χ1v) is 19.0. The van der Waals surface area contributed by atoms with Gasteiger partial charge in [0.1, 0.15) is 0 Å². The van der Waals surface area contributed by atoms with E-state index in [1.54, 1.807) is 27.8 Å². The van der Waals surface area contributed by atoms with Crippen molar-refractivity contribution >= 4 is 6.48 Å². The van der Waals surface area contributed by atoms with Crippen molar-refractivity contribution < 1.29 is 21.3 Å². The van der Waals surface area contributed by atoms with E-state index in [4.69, 9.17) is 0 Å². The predicted octanol–water partition coefficient (Wildman–Crippen LogP) is 10.1. The maximum atomic E-state index is 2.61. The average Bonchev–Trinajstić information content (AvgIpc) is 3.47. The summed E-state index contributed by atoms with van der Waals surface area (Å²) in [5.41, 5.74) is 12.8. The first-order valence-electron chi connectivity index (χ1n) is 15.3. The molecule has 2 aromatic carbocycles. The van der Waals surface area contributed by atoms with E-state index in [2.05, 4.69) is 106 Å². The van der Waals surface area contributed by atoms with E-state index < -0.39 is 21.3 Å². The fraction of sp³-hybridized carbons (Fsp3) is 0.541. The molecule has 0 heterocycles. The second-order valence-corrected chi connectivity index (χ2v) is 20.4. The second-order valence-electron chi connectivity index (χ2n) is 14.0. The first-order chi connectivity index (χ1) is 17.9. The molecule has 0 aromatic heterocycles. The van der Waals surface area contributed by atoms with Crippen molar-refractivity contribution in [2.75, 3.05) is 0 Å². The molecule has 0 saturated heterocycles. The summed E-state index contributed by atoms with van der Waals surface area (Å²) in [5, 5.41) is 0. The number of unbranched alkanes of at least 4 members (excludes halogenated alkanes) is 2. The van der Waals surface area contributed by atoms with Gasteiger partial charge in [-0.15, -0.1) is 0 Å². The van der Waals surface area contributed by atoms with Gasteiger partial charge in [0.25, 0.3) is 0 Å². The summed E-state index contributed by atoms with van der Waals surface area (Å²) < 4.78 is 5.64. The van der Waals surface area contributed by atoms with Gasteiger partial charge in [-0.2, -0.15) is 0 Å². The van der Waals surface area contributed by atoms with Crippen LogP contribution in [0.5, 0.6) is 0 Å². The van der Waals surface area contributed by atoms with Crippen molar-refractivity contribution in [2.24, 2.45) is 0 Å². The second kappa shape index (κ2) is 11.7. The Labute approximate surface area is 242 Å². The van der Waals surface area contributed by atoms with Crippen LogP contribution in [0.25, 0.3) is 11.1 Å². The summed E-state index contributed by atoms with van der Waals surface area (Å²) in [4.78, 5) is 0. The van der Waals surface area contributed by atoms with Crippen molar-refractivity contribution in [2.45, 2.75) is 131 Å². The molecule has 38 heavy (non-hydrogen) atoms. The third-order valence-corrected chi connectivity index (χ3v) is 17.1. The van der Waals surface area contributed by atoms with Gasteiger partial charge in [-0.05, 0) is 0 Å². The number of benzene rings is 2. The zero-order valence-electron chi connectivity index (χ0n) is 26.1. The molecule has 0 amide bonds. The van der Waals surface area contributed by atoms with E-state index in [1.807, 2.05) is 9.76 Å². The van der Waals surface area contributed by atoms with Gasteiger partial charge in [-0.3, -0.25) is 0 Å². The number of hydrogen-bond acceptors (Lipinski definition) is 0. The molecular formula is C37H52Zr. The van der Waals surface area contributed by atoms with Crippen molar-refractivity contribution in [3.8, 4) is 11.1 Å². The Hall–Kier alpha value is -1.33. The van der Waals surface area contributed by atoms with Crippen molar-refractivity contribution in [1.29, 1.82) is 0 Å². The van der Waals surface area contributed by atoms with E-state index in [9.17, 15) is 0 Å². The maximum absolute atomic E-state index is 2.61. The van der Waals surface area contributed by atoms with Gasteiger partial charge >= 0.3 is 243 Å². The number of aryl methyl sites for hydroxylation is 1. The summed E-state index contributed by atoms with van der Waals surface area (Å²) >= 11 is -2.28. The van der Waals surface area contributed by atoms with Gasteiger partial charge in [0.05, 0.1) is 0 Å². The van der Waals surface area contributed by atoms with Gasteiger partial charge in [-0.1, -0.05) is 0 Å².